The number of hydrogen-bond donors (Lipinski definition) is 9. The second kappa shape index (κ2) is 26.0. The fourth-order valence-electron chi connectivity index (χ4n) is 6.36. The quantitative estimate of drug-likeness (QED) is 0.0385. The number of esters is 2. The topological polar surface area (TPSA) is 289 Å². The summed E-state index contributed by atoms with van der Waals surface area (Å²) in [4.78, 5) is 34.9. The standard InChI is InChI=1S/C36H64O18/c1-3-14-22(39)17-27(42)53-33-29(44)28(43)25(18-37)51-36(33)54-32-26(20-49-21(2)38)52-35(31(46)30(32)45)50-19-23(40)15-12-10-8-6-4-5-7-9-11-13-16-24(41)34(47)48/h22-26,28-33,35-37,39-41,43-46H,3-20H2,1-2H3,(H,47,48)/t22-,23-,24-,25+,26+,28+,29-,30+,31+,32+,33+,35+,36-/m0/s1. The van der Waals surface area contributed by atoms with Crippen molar-refractivity contribution >= 4 is 17.9 Å². The fourth-order valence-corrected chi connectivity index (χ4v) is 6.36. The summed E-state index contributed by atoms with van der Waals surface area (Å²) in [6.07, 6.45) is -9.07. The molecule has 0 saturated carbocycles. The second-order valence-corrected chi connectivity index (χ2v) is 14.2. The first-order chi connectivity index (χ1) is 25.7. The van der Waals surface area contributed by atoms with Gasteiger partial charge in [-0.1, -0.05) is 77.6 Å². The third-order valence-electron chi connectivity index (χ3n) is 9.50. The number of carboxylic acids is 1. The van der Waals surface area contributed by atoms with Crippen LogP contribution in [0, 0.1) is 0 Å². The maximum atomic E-state index is 12.6. The second-order valence-electron chi connectivity index (χ2n) is 14.2. The Labute approximate surface area is 316 Å². The van der Waals surface area contributed by atoms with Crippen molar-refractivity contribution in [3.8, 4) is 0 Å². The summed E-state index contributed by atoms with van der Waals surface area (Å²) in [5.74, 6) is -2.84. The van der Waals surface area contributed by atoms with Gasteiger partial charge in [0, 0.05) is 6.92 Å². The smallest absolute Gasteiger partial charge is 0.332 e. The van der Waals surface area contributed by atoms with E-state index < -0.39 is 117 Å². The predicted molar refractivity (Wildman–Crippen MR) is 186 cm³/mol. The average Bonchev–Trinajstić information content (AvgIpc) is 3.12. The Balaban J connectivity index is 1.88. The summed E-state index contributed by atoms with van der Waals surface area (Å²) in [7, 11) is 0. The minimum atomic E-state index is -1.83. The van der Waals surface area contributed by atoms with Crippen LogP contribution in [0.5, 0.6) is 0 Å². The van der Waals surface area contributed by atoms with Crippen LogP contribution in [0.2, 0.25) is 0 Å². The molecule has 0 bridgehead atoms. The van der Waals surface area contributed by atoms with Gasteiger partial charge >= 0.3 is 17.9 Å². The number of aliphatic carboxylic acids is 1. The molecule has 0 aromatic carbocycles. The summed E-state index contributed by atoms with van der Waals surface area (Å²) >= 11 is 0. The molecule has 0 radical (unpaired) electrons. The zero-order chi connectivity index (χ0) is 40.2. The lowest BCUT2D eigenvalue weighted by molar-refractivity contribution is -0.361. The van der Waals surface area contributed by atoms with Crippen LogP contribution < -0.4 is 0 Å². The van der Waals surface area contributed by atoms with E-state index in [-0.39, 0.29) is 13.0 Å². The molecule has 0 aromatic rings. The highest BCUT2D eigenvalue weighted by Crippen LogP contribution is 2.31. The maximum Gasteiger partial charge on any atom is 0.332 e. The SMILES string of the molecule is CCC[C@H](O)CC(=O)O[C@H]1[C@H](O[C@H]2[C@H](O)[C@@H](O)[C@H](OC[C@@H](O)CCCCCCCCCCCC[C@H](O)C(=O)O)O[C@@H]2COC(C)=O)O[C@H](CO)[C@@H](O)[C@@H]1O. The van der Waals surface area contributed by atoms with Crippen molar-refractivity contribution in [2.75, 3.05) is 19.8 Å². The van der Waals surface area contributed by atoms with Crippen LogP contribution in [0.1, 0.15) is 110 Å². The number of carbonyl (C=O) groups excluding carboxylic acids is 2. The molecule has 9 N–H and O–H groups in total. The molecular formula is C36H64O18. The number of aliphatic hydroxyl groups is 8. The van der Waals surface area contributed by atoms with Gasteiger partial charge in [0.2, 0.25) is 0 Å². The number of hydrogen-bond acceptors (Lipinski definition) is 17. The van der Waals surface area contributed by atoms with E-state index in [0.717, 1.165) is 64.7 Å². The highest BCUT2D eigenvalue weighted by molar-refractivity contribution is 5.71. The van der Waals surface area contributed by atoms with Crippen LogP contribution in [0.15, 0.2) is 0 Å². The normalized spacial score (nSPS) is 30.3. The first kappa shape index (κ1) is 48.1. The number of unbranched alkanes of at least 4 members (excludes halogenated alkanes) is 9. The van der Waals surface area contributed by atoms with Gasteiger partial charge in [-0.05, 0) is 19.3 Å². The lowest BCUT2D eigenvalue weighted by atomic mass is 9.96. The van der Waals surface area contributed by atoms with Crippen LogP contribution in [0.25, 0.3) is 0 Å². The average molecular weight is 785 g/mol. The molecule has 0 unspecified atom stereocenters. The van der Waals surface area contributed by atoms with Crippen molar-refractivity contribution in [1.29, 1.82) is 0 Å². The van der Waals surface area contributed by atoms with Gasteiger partial charge in [-0.2, -0.15) is 0 Å². The molecule has 2 heterocycles. The number of rotatable bonds is 27. The Morgan fingerprint density at radius 2 is 1.24 bits per heavy atom. The van der Waals surface area contributed by atoms with E-state index in [2.05, 4.69) is 0 Å². The van der Waals surface area contributed by atoms with Crippen LogP contribution in [-0.2, 0) is 42.8 Å². The van der Waals surface area contributed by atoms with E-state index in [9.17, 15) is 55.2 Å². The van der Waals surface area contributed by atoms with Gasteiger partial charge in [-0.3, -0.25) is 9.59 Å². The summed E-state index contributed by atoms with van der Waals surface area (Å²) in [5, 5.41) is 91.6. The highest BCUT2D eigenvalue weighted by atomic mass is 16.8. The lowest BCUT2D eigenvalue weighted by Gasteiger charge is -2.46. The predicted octanol–water partition coefficient (Wildman–Crippen LogP) is -0.212. The van der Waals surface area contributed by atoms with Crippen LogP contribution in [-0.4, -0.2) is 163 Å². The number of carboxylic acid groups (broad SMARTS) is 1. The van der Waals surface area contributed by atoms with Crippen molar-refractivity contribution in [2.24, 2.45) is 0 Å². The van der Waals surface area contributed by atoms with Gasteiger partial charge in [0.15, 0.2) is 24.8 Å². The first-order valence-electron chi connectivity index (χ1n) is 19.2. The summed E-state index contributed by atoms with van der Waals surface area (Å²) in [5.41, 5.74) is 0. The molecular weight excluding hydrogens is 720 g/mol. The Morgan fingerprint density at radius 3 is 1.80 bits per heavy atom. The molecule has 0 spiro atoms. The molecule has 316 valence electrons. The van der Waals surface area contributed by atoms with Gasteiger partial charge < -0.3 is 74.4 Å². The van der Waals surface area contributed by atoms with Crippen LogP contribution >= 0.6 is 0 Å². The minimum Gasteiger partial charge on any atom is -0.479 e. The fraction of sp³-hybridized carbons (Fsp3) is 0.917. The van der Waals surface area contributed by atoms with E-state index in [1.165, 1.54) is 0 Å². The Kier molecular flexibility index (Phi) is 23.1. The molecule has 18 nitrogen and oxygen atoms in total. The molecule has 0 aromatic heterocycles. The van der Waals surface area contributed by atoms with Gasteiger partial charge in [-0.15, -0.1) is 0 Å². The van der Waals surface area contributed by atoms with Crippen molar-refractivity contribution in [3.05, 3.63) is 0 Å². The van der Waals surface area contributed by atoms with Crippen molar-refractivity contribution in [1.82, 2.24) is 0 Å². The Morgan fingerprint density at radius 1 is 0.685 bits per heavy atom. The van der Waals surface area contributed by atoms with Gasteiger partial charge in [-0.25, -0.2) is 4.79 Å². The number of carbonyl (C=O) groups is 3. The molecule has 0 amide bonds. The molecule has 2 aliphatic heterocycles. The summed E-state index contributed by atoms with van der Waals surface area (Å²) in [6, 6.07) is 0. The molecule has 18 heteroatoms. The molecule has 2 fully saturated rings. The third-order valence-corrected chi connectivity index (χ3v) is 9.50. The minimum absolute atomic E-state index is 0.250. The van der Waals surface area contributed by atoms with E-state index in [4.69, 9.17) is 33.5 Å². The molecule has 2 rings (SSSR count). The molecule has 0 aliphatic carbocycles. The molecule has 2 aliphatic rings. The Bertz CT molecular complexity index is 1060. The molecule has 13 atom stereocenters. The van der Waals surface area contributed by atoms with Crippen LogP contribution in [0.4, 0.5) is 0 Å². The lowest BCUT2D eigenvalue weighted by Crippen LogP contribution is -2.65. The largest absolute Gasteiger partial charge is 0.479 e. The summed E-state index contributed by atoms with van der Waals surface area (Å²) < 4.78 is 33.3. The maximum absolute atomic E-state index is 12.6. The van der Waals surface area contributed by atoms with Crippen molar-refractivity contribution in [3.63, 3.8) is 0 Å². The number of ether oxygens (including phenoxy) is 6. The van der Waals surface area contributed by atoms with E-state index in [0.29, 0.717) is 25.7 Å². The number of aliphatic hydroxyl groups excluding tert-OH is 8. The highest BCUT2D eigenvalue weighted by Gasteiger charge is 2.52. The van der Waals surface area contributed by atoms with E-state index in [1.54, 1.807) is 6.92 Å². The monoisotopic (exact) mass is 784 g/mol. The third kappa shape index (κ3) is 17.0. The van der Waals surface area contributed by atoms with E-state index >= 15 is 0 Å². The Hall–Kier alpha value is -2.07. The summed E-state index contributed by atoms with van der Waals surface area (Å²) in [6.45, 7) is 1.41. The van der Waals surface area contributed by atoms with Gasteiger partial charge in [0.1, 0.15) is 49.3 Å². The first-order valence-corrected chi connectivity index (χ1v) is 19.2. The zero-order valence-electron chi connectivity index (χ0n) is 31.4. The van der Waals surface area contributed by atoms with Crippen molar-refractivity contribution < 1.29 is 88.8 Å². The van der Waals surface area contributed by atoms with Gasteiger partial charge in [0.25, 0.3) is 0 Å². The van der Waals surface area contributed by atoms with E-state index in [1.807, 2.05) is 0 Å². The zero-order valence-corrected chi connectivity index (χ0v) is 31.4. The molecule has 54 heavy (non-hydrogen) atoms. The van der Waals surface area contributed by atoms with Gasteiger partial charge in [0.05, 0.1) is 31.8 Å². The molecule has 2 saturated heterocycles. The van der Waals surface area contributed by atoms with Crippen molar-refractivity contribution in [2.45, 2.75) is 190 Å². The van der Waals surface area contributed by atoms with Crippen LogP contribution in [0.3, 0.4) is 0 Å².